The zero-order chi connectivity index (χ0) is 18.2. The van der Waals surface area contributed by atoms with Crippen molar-refractivity contribution < 1.29 is 34.2 Å². The number of nitrogens with two attached hydrogens (primary N) is 2. The molecule has 0 fully saturated rings. The molecule has 23 heavy (non-hydrogen) atoms. The number of hydrogen-bond acceptors (Lipinski definition) is 6. The Bertz CT molecular complexity index is 494. The summed E-state index contributed by atoms with van der Waals surface area (Å²) in [5.74, 6) is -5.08. The molecule has 130 valence electrons. The molecule has 3 atom stereocenters. The topological polar surface area (TPSA) is 202 Å². The third-order valence-electron chi connectivity index (χ3n) is 2.78. The van der Waals surface area contributed by atoms with Crippen LogP contribution in [0, 0.1) is 0 Å². The lowest BCUT2D eigenvalue weighted by molar-refractivity contribution is -0.143. The van der Waals surface area contributed by atoms with E-state index in [-0.39, 0.29) is 12.8 Å². The van der Waals surface area contributed by atoms with Crippen molar-refractivity contribution >= 4 is 29.7 Å². The van der Waals surface area contributed by atoms with Gasteiger partial charge in [0.2, 0.25) is 17.7 Å². The Labute approximate surface area is 131 Å². The van der Waals surface area contributed by atoms with Gasteiger partial charge in [0, 0.05) is 6.42 Å². The molecule has 0 unspecified atom stereocenters. The minimum absolute atomic E-state index is 0.116. The minimum atomic E-state index is -1.51. The predicted molar refractivity (Wildman–Crippen MR) is 75.8 cm³/mol. The number of nitrogens with one attached hydrogen (secondary N) is 2. The fourth-order valence-corrected chi connectivity index (χ4v) is 1.49. The van der Waals surface area contributed by atoms with Gasteiger partial charge in [-0.25, -0.2) is 4.79 Å². The maximum Gasteiger partial charge on any atom is 0.326 e. The first-order valence-electron chi connectivity index (χ1n) is 6.63. The number of aliphatic carboxylic acids is 2. The van der Waals surface area contributed by atoms with Crippen LogP contribution in [0.2, 0.25) is 0 Å². The molecule has 11 nitrogen and oxygen atoms in total. The van der Waals surface area contributed by atoms with Crippen molar-refractivity contribution in [3.63, 3.8) is 0 Å². The second-order valence-electron chi connectivity index (χ2n) is 4.84. The Kier molecular flexibility index (Phi) is 8.26. The molecular weight excluding hydrogens is 312 g/mol. The number of rotatable bonds is 10. The summed E-state index contributed by atoms with van der Waals surface area (Å²) >= 11 is 0. The maximum absolute atomic E-state index is 11.8. The fraction of sp³-hybridized carbons (Fsp3) is 0.583. The number of hydrogen-bond donors (Lipinski definition) is 6. The van der Waals surface area contributed by atoms with Gasteiger partial charge < -0.3 is 32.3 Å². The lowest BCUT2D eigenvalue weighted by atomic mass is 10.1. The number of primary amides is 1. The SMILES string of the molecule is C[C@H](NC(=O)[C@@H](N)CCC(=O)O)C(=O)N[C@@H](CC(N)=O)C(=O)O. The van der Waals surface area contributed by atoms with Crippen LogP contribution in [0.4, 0.5) is 0 Å². The molecule has 0 aliphatic carbocycles. The highest BCUT2D eigenvalue weighted by Crippen LogP contribution is 1.97. The Morgan fingerprint density at radius 2 is 1.61 bits per heavy atom. The summed E-state index contributed by atoms with van der Waals surface area (Å²) in [4.78, 5) is 55.5. The Morgan fingerprint density at radius 1 is 1.04 bits per heavy atom. The largest absolute Gasteiger partial charge is 0.481 e. The van der Waals surface area contributed by atoms with Gasteiger partial charge >= 0.3 is 11.9 Å². The summed E-state index contributed by atoms with van der Waals surface area (Å²) in [6.45, 7) is 1.28. The molecule has 0 aromatic carbocycles. The lowest BCUT2D eigenvalue weighted by Crippen LogP contribution is -2.53. The second-order valence-corrected chi connectivity index (χ2v) is 4.84. The second kappa shape index (κ2) is 9.35. The van der Waals surface area contributed by atoms with Crippen molar-refractivity contribution in [2.24, 2.45) is 11.5 Å². The van der Waals surface area contributed by atoms with Crippen LogP contribution in [0.3, 0.4) is 0 Å². The van der Waals surface area contributed by atoms with Crippen LogP contribution in [0.1, 0.15) is 26.2 Å². The molecule has 0 saturated heterocycles. The van der Waals surface area contributed by atoms with Gasteiger partial charge in [0.15, 0.2) is 0 Å². The Hall–Kier alpha value is -2.69. The van der Waals surface area contributed by atoms with E-state index >= 15 is 0 Å². The molecule has 0 aromatic rings. The molecule has 0 saturated carbocycles. The van der Waals surface area contributed by atoms with Crippen molar-refractivity contribution in [3.8, 4) is 0 Å². The minimum Gasteiger partial charge on any atom is -0.481 e. The standard InChI is InChI=1S/C12H20N4O7/c1-5(15-11(21)6(13)2-3-9(18)19)10(20)16-7(12(22)23)4-8(14)17/h5-7H,2-4,13H2,1H3,(H2,14,17)(H,15,21)(H,16,20)(H,18,19)(H,22,23)/t5-,6-,7-/m0/s1. The summed E-state index contributed by atoms with van der Waals surface area (Å²) in [6, 6.07) is -3.77. The van der Waals surface area contributed by atoms with E-state index in [4.69, 9.17) is 21.7 Å². The molecule has 3 amide bonds. The van der Waals surface area contributed by atoms with Gasteiger partial charge in [-0.15, -0.1) is 0 Å². The molecule has 0 spiro atoms. The number of carboxylic acids is 2. The van der Waals surface area contributed by atoms with E-state index in [2.05, 4.69) is 10.6 Å². The van der Waals surface area contributed by atoms with Crippen LogP contribution in [-0.4, -0.2) is 58.0 Å². The highest BCUT2D eigenvalue weighted by molar-refractivity contribution is 5.93. The average molecular weight is 332 g/mol. The summed E-state index contributed by atoms with van der Waals surface area (Å²) in [6.07, 6.45) is -1.02. The first-order valence-corrected chi connectivity index (χ1v) is 6.63. The van der Waals surface area contributed by atoms with Crippen molar-refractivity contribution in [2.45, 2.75) is 44.3 Å². The number of amides is 3. The first-order chi connectivity index (χ1) is 10.5. The lowest BCUT2D eigenvalue weighted by Gasteiger charge is -2.19. The molecule has 11 heteroatoms. The van der Waals surface area contributed by atoms with E-state index in [1.54, 1.807) is 0 Å². The number of carbonyl (C=O) groups excluding carboxylic acids is 3. The van der Waals surface area contributed by atoms with Crippen LogP contribution in [0.15, 0.2) is 0 Å². The summed E-state index contributed by atoms with van der Waals surface area (Å²) in [5, 5.41) is 21.6. The van der Waals surface area contributed by atoms with E-state index in [9.17, 15) is 24.0 Å². The fourth-order valence-electron chi connectivity index (χ4n) is 1.49. The first kappa shape index (κ1) is 20.3. The predicted octanol–water partition coefficient (Wildman–Crippen LogP) is -2.87. The van der Waals surface area contributed by atoms with Gasteiger partial charge in [-0.05, 0) is 13.3 Å². The van der Waals surface area contributed by atoms with Gasteiger partial charge in [-0.3, -0.25) is 19.2 Å². The zero-order valence-electron chi connectivity index (χ0n) is 12.4. The van der Waals surface area contributed by atoms with Crippen LogP contribution < -0.4 is 22.1 Å². The molecule has 0 radical (unpaired) electrons. The van der Waals surface area contributed by atoms with Gasteiger partial charge in [0.25, 0.3) is 0 Å². The van der Waals surface area contributed by atoms with Gasteiger partial charge in [-0.1, -0.05) is 0 Å². The maximum atomic E-state index is 11.8. The number of carboxylic acid groups (broad SMARTS) is 2. The molecule has 0 aliphatic rings. The van der Waals surface area contributed by atoms with E-state index in [1.165, 1.54) is 6.92 Å². The third kappa shape index (κ3) is 8.36. The molecular formula is C12H20N4O7. The van der Waals surface area contributed by atoms with Crippen LogP contribution in [-0.2, 0) is 24.0 Å². The van der Waals surface area contributed by atoms with E-state index < -0.39 is 54.2 Å². The van der Waals surface area contributed by atoms with Crippen LogP contribution >= 0.6 is 0 Å². The van der Waals surface area contributed by atoms with Gasteiger partial charge in [0.05, 0.1) is 12.5 Å². The zero-order valence-corrected chi connectivity index (χ0v) is 12.4. The average Bonchev–Trinajstić information content (AvgIpc) is 2.42. The summed E-state index contributed by atoms with van der Waals surface area (Å²) < 4.78 is 0. The van der Waals surface area contributed by atoms with Crippen LogP contribution in [0.25, 0.3) is 0 Å². The molecule has 0 heterocycles. The number of carbonyl (C=O) groups is 5. The molecule has 0 bridgehead atoms. The highest BCUT2D eigenvalue weighted by atomic mass is 16.4. The van der Waals surface area contributed by atoms with Crippen molar-refractivity contribution in [1.82, 2.24) is 10.6 Å². The normalized spacial score (nSPS) is 14.2. The molecule has 0 rings (SSSR count). The third-order valence-corrected chi connectivity index (χ3v) is 2.78. The molecule has 0 aliphatic heterocycles. The molecule has 8 N–H and O–H groups in total. The summed E-state index contributed by atoms with van der Waals surface area (Å²) in [7, 11) is 0. The van der Waals surface area contributed by atoms with E-state index in [1.807, 2.05) is 0 Å². The van der Waals surface area contributed by atoms with Crippen LogP contribution in [0.5, 0.6) is 0 Å². The Morgan fingerprint density at radius 3 is 2.04 bits per heavy atom. The quantitative estimate of drug-likeness (QED) is 0.245. The summed E-state index contributed by atoms with van der Waals surface area (Å²) in [5.41, 5.74) is 10.3. The van der Waals surface area contributed by atoms with Gasteiger partial charge in [-0.2, -0.15) is 0 Å². The molecule has 0 aromatic heterocycles. The van der Waals surface area contributed by atoms with Gasteiger partial charge in [0.1, 0.15) is 12.1 Å². The smallest absolute Gasteiger partial charge is 0.326 e. The van der Waals surface area contributed by atoms with E-state index in [0.717, 1.165) is 0 Å². The van der Waals surface area contributed by atoms with E-state index in [0.29, 0.717) is 0 Å². The van der Waals surface area contributed by atoms with Crippen molar-refractivity contribution in [1.29, 1.82) is 0 Å². The van der Waals surface area contributed by atoms with Crippen molar-refractivity contribution in [3.05, 3.63) is 0 Å². The Balaban J connectivity index is 4.52. The monoisotopic (exact) mass is 332 g/mol. The van der Waals surface area contributed by atoms with Crippen molar-refractivity contribution in [2.75, 3.05) is 0 Å². The highest BCUT2D eigenvalue weighted by Gasteiger charge is 2.26.